The number of amides is 2. The number of nitrogens with one attached hydrogen (secondary N) is 2. The van der Waals surface area contributed by atoms with E-state index >= 15 is 0 Å². The number of rotatable bonds is 10. The van der Waals surface area contributed by atoms with E-state index in [4.69, 9.17) is 16.3 Å². The highest BCUT2D eigenvalue weighted by molar-refractivity contribution is 6.31. The standard InChI is InChI=1S/C39H36ClF2N3O6/c1-39(2)20-28-35(31(47)21-39)37(25-16-15-24(19-26(25)40)50-22-23-9-4-3-5-10-23)45(29-12-8-13-30(46)36(29)44-28)34(49)18-17-33(48)43-27-11-6-7-14-32(27)51-38(41)42/h3-16,19,37-38,44,46H,17-18,20-22H2,1-2H3,(H,43,48). The molecular weight excluding hydrogens is 680 g/mol. The number of nitrogens with zero attached hydrogens (tertiary/aromatic N) is 1. The van der Waals surface area contributed by atoms with Crippen molar-refractivity contribution in [3.63, 3.8) is 0 Å². The van der Waals surface area contributed by atoms with E-state index in [0.29, 0.717) is 35.6 Å². The molecule has 3 N–H and O–H groups in total. The Labute approximate surface area is 298 Å². The molecule has 0 aromatic heterocycles. The number of ketones is 1. The number of phenolic OH excluding ortho intramolecular Hbond substituents is 1. The van der Waals surface area contributed by atoms with E-state index in [2.05, 4.69) is 15.4 Å². The summed E-state index contributed by atoms with van der Waals surface area (Å²) >= 11 is 6.98. The van der Waals surface area contributed by atoms with Crippen molar-refractivity contribution in [1.82, 2.24) is 0 Å². The molecule has 1 aliphatic carbocycles. The molecule has 1 atom stereocenters. The monoisotopic (exact) mass is 715 g/mol. The third-order valence-electron chi connectivity index (χ3n) is 8.73. The lowest BCUT2D eigenvalue weighted by molar-refractivity contribution is -0.123. The molecule has 12 heteroatoms. The molecule has 0 fully saturated rings. The first kappa shape index (κ1) is 35.4. The number of benzene rings is 4. The average molecular weight is 716 g/mol. The molecule has 264 valence electrons. The van der Waals surface area contributed by atoms with Gasteiger partial charge in [-0.2, -0.15) is 8.78 Å². The molecule has 2 aliphatic rings. The Balaban J connectivity index is 1.37. The summed E-state index contributed by atoms with van der Waals surface area (Å²) in [6, 6.07) is 24.1. The van der Waals surface area contributed by atoms with Crippen molar-refractivity contribution in [1.29, 1.82) is 0 Å². The van der Waals surface area contributed by atoms with Gasteiger partial charge in [0.25, 0.3) is 0 Å². The second-order valence-electron chi connectivity index (χ2n) is 13.2. The van der Waals surface area contributed by atoms with Gasteiger partial charge in [-0.1, -0.05) is 80.0 Å². The van der Waals surface area contributed by atoms with Crippen LogP contribution in [0.1, 0.15) is 56.7 Å². The van der Waals surface area contributed by atoms with Crippen molar-refractivity contribution in [3.05, 3.63) is 118 Å². The SMILES string of the molecule is CC1(C)CC(=O)C2=C(C1)Nc1c(O)cccc1N(C(=O)CCC(=O)Nc1ccccc1OC(F)F)C2c1ccc(OCc2ccccc2)cc1Cl. The number of fused-ring (bicyclic) bond motifs is 1. The number of ether oxygens (including phenoxy) is 2. The van der Waals surface area contributed by atoms with Gasteiger partial charge in [0.1, 0.15) is 29.5 Å². The first-order valence-corrected chi connectivity index (χ1v) is 16.7. The molecule has 1 aliphatic heterocycles. The van der Waals surface area contributed by atoms with Crippen LogP contribution in [0.2, 0.25) is 5.02 Å². The summed E-state index contributed by atoms with van der Waals surface area (Å²) in [6.45, 7) is 1.14. The van der Waals surface area contributed by atoms with Crippen LogP contribution in [0.25, 0.3) is 0 Å². The molecule has 0 saturated heterocycles. The highest BCUT2D eigenvalue weighted by Gasteiger charge is 2.44. The summed E-state index contributed by atoms with van der Waals surface area (Å²) in [7, 11) is 0. The molecule has 2 amide bonds. The van der Waals surface area contributed by atoms with E-state index in [0.717, 1.165) is 5.56 Å². The molecule has 0 saturated carbocycles. The number of halogens is 3. The van der Waals surface area contributed by atoms with Crippen LogP contribution in [0.3, 0.4) is 0 Å². The van der Waals surface area contributed by atoms with Crippen LogP contribution >= 0.6 is 11.6 Å². The number of carbonyl (C=O) groups is 3. The quantitative estimate of drug-likeness (QED) is 0.141. The summed E-state index contributed by atoms with van der Waals surface area (Å²) in [5, 5.41) is 17.1. The molecule has 0 bridgehead atoms. The lowest BCUT2D eigenvalue weighted by Gasteiger charge is -2.37. The van der Waals surface area contributed by atoms with Crippen LogP contribution in [0.5, 0.6) is 17.2 Å². The van der Waals surface area contributed by atoms with Crippen LogP contribution in [0.15, 0.2) is 102 Å². The Hall–Kier alpha value is -5.42. The fourth-order valence-electron chi connectivity index (χ4n) is 6.50. The number of allylic oxidation sites excluding steroid dienone is 1. The number of aromatic hydroxyl groups is 1. The minimum absolute atomic E-state index is 0.0222. The molecule has 0 radical (unpaired) electrons. The molecule has 4 aromatic carbocycles. The Morgan fingerprint density at radius 2 is 1.75 bits per heavy atom. The van der Waals surface area contributed by atoms with E-state index in [1.165, 1.54) is 29.2 Å². The smallest absolute Gasteiger partial charge is 0.387 e. The Morgan fingerprint density at radius 1 is 1.00 bits per heavy atom. The van der Waals surface area contributed by atoms with Crippen molar-refractivity contribution in [2.75, 3.05) is 15.5 Å². The van der Waals surface area contributed by atoms with Crippen molar-refractivity contribution in [2.24, 2.45) is 5.41 Å². The van der Waals surface area contributed by atoms with Crippen LogP contribution in [-0.2, 0) is 21.0 Å². The van der Waals surface area contributed by atoms with Gasteiger partial charge in [-0.3, -0.25) is 19.3 Å². The van der Waals surface area contributed by atoms with Gasteiger partial charge in [0, 0.05) is 35.6 Å². The lowest BCUT2D eigenvalue weighted by Crippen LogP contribution is -2.40. The Morgan fingerprint density at radius 3 is 2.49 bits per heavy atom. The summed E-state index contributed by atoms with van der Waals surface area (Å²) in [5.41, 5.74) is 2.38. The third kappa shape index (κ3) is 7.99. The second-order valence-corrected chi connectivity index (χ2v) is 13.6. The van der Waals surface area contributed by atoms with Crippen molar-refractivity contribution in [2.45, 2.75) is 58.8 Å². The molecule has 4 aromatic rings. The lowest BCUT2D eigenvalue weighted by atomic mass is 9.73. The number of hydrogen-bond acceptors (Lipinski definition) is 7. The van der Waals surface area contributed by atoms with Gasteiger partial charge in [-0.15, -0.1) is 0 Å². The molecular formula is C39H36ClF2N3O6. The normalized spacial score (nSPS) is 16.5. The number of anilines is 3. The van der Waals surface area contributed by atoms with Gasteiger partial charge in [0.2, 0.25) is 11.8 Å². The molecule has 6 rings (SSSR count). The van der Waals surface area contributed by atoms with Crippen molar-refractivity contribution < 1.29 is 37.7 Å². The number of alkyl halides is 2. The minimum atomic E-state index is -3.10. The largest absolute Gasteiger partial charge is 0.506 e. The fraction of sp³-hybridized carbons (Fsp3) is 0.256. The summed E-state index contributed by atoms with van der Waals surface area (Å²) in [5.74, 6) is -1.25. The first-order chi connectivity index (χ1) is 24.4. The maximum Gasteiger partial charge on any atom is 0.387 e. The maximum atomic E-state index is 14.4. The highest BCUT2D eigenvalue weighted by Crippen LogP contribution is 2.51. The van der Waals surface area contributed by atoms with Crippen LogP contribution in [-0.4, -0.2) is 29.3 Å². The van der Waals surface area contributed by atoms with Gasteiger partial charge < -0.3 is 25.2 Å². The summed E-state index contributed by atoms with van der Waals surface area (Å²) in [6.07, 6.45) is -0.0292. The van der Waals surface area contributed by atoms with E-state index in [1.807, 2.05) is 44.2 Å². The minimum Gasteiger partial charge on any atom is -0.506 e. The summed E-state index contributed by atoms with van der Waals surface area (Å²) in [4.78, 5) is 43.0. The van der Waals surface area contributed by atoms with E-state index < -0.39 is 29.9 Å². The van der Waals surface area contributed by atoms with Crippen LogP contribution in [0.4, 0.5) is 25.8 Å². The zero-order chi connectivity index (χ0) is 36.3. The third-order valence-corrected chi connectivity index (χ3v) is 9.06. The molecule has 1 unspecified atom stereocenters. The molecule has 0 spiro atoms. The second kappa shape index (κ2) is 14.8. The van der Waals surface area contributed by atoms with Crippen molar-refractivity contribution in [3.8, 4) is 17.2 Å². The summed E-state index contributed by atoms with van der Waals surface area (Å²) < 4.78 is 36.4. The zero-order valence-electron chi connectivity index (χ0n) is 27.9. The van der Waals surface area contributed by atoms with Crippen LogP contribution < -0.4 is 25.0 Å². The molecule has 51 heavy (non-hydrogen) atoms. The van der Waals surface area contributed by atoms with Crippen molar-refractivity contribution >= 4 is 46.3 Å². The van der Waals surface area contributed by atoms with E-state index in [1.54, 1.807) is 36.4 Å². The van der Waals surface area contributed by atoms with Crippen LogP contribution in [0, 0.1) is 5.41 Å². The topological polar surface area (TPSA) is 117 Å². The molecule has 1 heterocycles. The Kier molecular flexibility index (Phi) is 10.3. The van der Waals surface area contributed by atoms with E-state index in [9.17, 15) is 28.3 Å². The molecule has 9 nitrogen and oxygen atoms in total. The first-order valence-electron chi connectivity index (χ1n) is 16.4. The maximum absolute atomic E-state index is 14.4. The predicted octanol–water partition coefficient (Wildman–Crippen LogP) is 8.79. The number of hydrogen-bond donors (Lipinski definition) is 3. The van der Waals surface area contributed by atoms with Gasteiger partial charge in [0.05, 0.1) is 17.4 Å². The van der Waals surface area contributed by atoms with E-state index in [-0.39, 0.29) is 58.6 Å². The zero-order valence-corrected chi connectivity index (χ0v) is 28.7. The van der Waals surface area contributed by atoms with Gasteiger partial charge in [0.15, 0.2) is 5.78 Å². The Bertz CT molecular complexity index is 2000. The fourth-order valence-corrected chi connectivity index (χ4v) is 6.77. The number of carbonyl (C=O) groups excluding carboxylic acids is 3. The number of para-hydroxylation sites is 3. The number of Topliss-reactive ketones (excluding diaryl/α,β-unsaturated/α-hetero) is 1. The highest BCUT2D eigenvalue weighted by atomic mass is 35.5. The average Bonchev–Trinajstić information content (AvgIpc) is 3.22. The van der Waals surface area contributed by atoms with Gasteiger partial charge in [-0.05, 0) is 59.4 Å². The number of phenols is 1. The van der Waals surface area contributed by atoms with Gasteiger partial charge >= 0.3 is 6.61 Å². The predicted molar refractivity (Wildman–Crippen MR) is 190 cm³/mol. The van der Waals surface area contributed by atoms with Gasteiger partial charge in [-0.25, -0.2) is 0 Å².